The molecule has 0 saturated carbocycles. The van der Waals surface area contributed by atoms with E-state index in [0.29, 0.717) is 6.54 Å². The molecule has 0 saturated heterocycles. The van der Waals surface area contributed by atoms with Gasteiger partial charge < -0.3 is 10.2 Å². The van der Waals surface area contributed by atoms with Crippen LogP contribution in [-0.2, 0) is 6.42 Å². The molecule has 4 heteroatoms. The summed E-state index contributed by atoms with van der Waals surface area (Å²) in [6.45, 7) is 0.546. The summed E-state index contributed by atoms with van der Waals surface area (Å²) in [6, 6.07) is 0. The average molecular weight is 127 g/mol. The van der Waals surface area contributed by atoms with Crippen LogP contribution in [0, 0.1) is 0 Å². The van der Waals surface area contributed by atoms with Crippen molar-refractivity contribution in [1.29, 1.82) is 0 Å². The first-order chi connectivity index (χ1) is 4.43. The second-order valence-electron chi connectivity index (χ2n) is 1.72. The lowest BCUT2D eigenvalue weighted by molar-refractivity contribution is 0.168. The molecule has 9 heavy (non-hydrogen) atoms. The van der Waals surface area contributed by atoms with Crippen molar-refractivity contribution < 1.29 is 5.21 Å². The number of imidazole rings is 1. The molecule has 1 rings (SSSR count). The number of hydrogen-bond donors (Lipinski definition) is 3. The molecule has 0 aliphatic rings. The lowest BCUT2D eigenvalue weighted by Crippen LogP contribution is -2.11. The first kappa shape index (κ1) is 6.25. The zero-order valence-electron chi connectivity index (χ0n) is 4.96. The van der Waals surface area contributed by atoms with Crippen LogP contribution in [0.4, 0.5) is 0 Å². The van der Waals surface area contributed by atoms with Crippen molar-refractivity contribution in [2.24, 2.45) is 0 Å². The maximum absolute atomic E-state index is 8.18. The van der Waals surface area contributed by atoms with Crippen molar-refractivity contribution in [3.8, 4) is 0 Å². The van der Waals surface area contributed by atoms with Gasteiger partial charge in [-0.15, -0.1) is 0 Å². The summed E-state index contributed by atoms with van der Waals surface area (Å²) in [6.07, 6.45) is 4.17. The molecule has 1 aromatic rings. The molecule has 1 heterocycles. The van der Waals surface area contributed by atoms with Gasteiger partial charge in [0, 0.05) is 19.2 Å². The third-order valence-corrected chi connectivity index (χ3v) is 1.05. The van der Waals surface area contributed by atoms with E-state index < -0.39 is 0 Å². The van der Waals surface area contributed by atoms with Crippen LogP contribution in [0.5, 0.6) is 0 Å². The topological polar surface area (TPSA) is 60.9 Å². The molecule has 4 nitrogen and oxygen atoms in total. The Bertz CT molecular complexity index is 149. The number of nitrogens with one attached hydrogen (secondary N) is 2. The van der Waals surface area contributed by atoms with E-state index in [9.17, 15) is 0 Å². The van der Waals surface area contributed by atoms with E-state index in [1.165, 1.54) is 0 Å². The lowest BCUT2D eigenvalue weighted by Gasteiger charge is -1.91. The number of aromatic amines is 1. The van der Waals surface area contributed by atoms with Gasteiger partial charge in [0.15, 0.2) is 0 Å². The van der Waals surface area contributed by atoms with Crippen LogP contribution in [0.15, 0.2) is 12.5 Å². The van der Waals surface area contributed by atoms with Crippen LogP contribution in [0.1, 0.15) is 5.69 Å². The normalized spacial score (nSPS) is 9.89. The van der Waals surface area contributed by atoms with Gasteiger partial charge >= 0.3 is 0 Å². The zero-order valence-corrected chi connectivity index (χ0v) is 4.96. The van der Waals surface area contributed by atoms with Gasteiger partial charge in [-0.1, -0.05) is 0 Å². The van der Waals surface area contributed by atoms with E-state index in [1.807, 2.05) is 0 Å². The maximum Gasteiger partial charge on any atom is 0.0923 e. The quantitative estimate of drug-likeness (QED) is 0.498. The van der Waals surface area contributed by atoms with Gasteiger partial charge in [-0.3, -0.25) is 0 Å². The first-order valence-electron chi connectivity index (χ1n) is 2.78. The molecule has 0 bridgehead atoms. The van der Waals surface area contributed by atoms with Gasteiger partial charge in [0.1, 0.15) is 0 Å². The van der Waals surface area contributed by atoms with Crippen molar-refractivity contribution in [3.63, 3.8) is 0 Å². The SMILES string of the molecule is ONCCc1c[nH]cn1. The van der Waals surface area contributed by atoms with Gasteiger partial charge in [0.2, 0.25) is 0 Å². The molecule has 0 aromatic carbocycles. The minimum atomic E-state index is 0.546. The number of H-pyrrole nitrogens is 1. The summed E-state index contributed by atoms with van der Waals surface area (Å²) in [5.41, 5.74) is 3.01. The average Bonchev–Trinajstić information content (AvgIpc) is 2.34. The third-order valence-electron chi connectivity index (χ3n) is 1.05. The van der Waals surface area contributed by atoms with Crippen molar-refractivity contribution in [2.45, 2.75) is 6.42 Å². The Morgan fingerprint density at radius 1 is 1.78 bits per heavy atom. The predicted octanol–water partition coefficient (Wildman–Crippen LogP) is -0.0690. The summed E-state index contributed by atoms with van der Waals surface area (Å²) in [5, 5.41) is 8.18. The van der Waals surface area contributed by atoms with Gasteiger partial charge in [0.05, 0.1) is 12.0 Å². The van der Waals surface area contributed by atoms with Crippen LogP contribution in [-0.4, -0.2) is 21.7 Å². The smallest absolute Gasteiger partial charge is 0.0923 e. The third kappa shape index (κ3) is 1.83. The highest BCUT2D eigenvalue weighted by Gasteiger charge is 1.90. The monoisotopic (exact) mass is 127 g/mol. The molecule has 50 valence electrons. The Morgan fingerprint density at radius 2 is 2.67 bits per heavy atom. The Morgan fingerprint density at radius 3 is 3.22 bits per heavy atom. The molecular weight excluding hydrogens is 118 g/mol. The molecule has 0 amide bonds. The molecule has 0 aliphatic heterocycles. The summed E-state index contributed by atoms with van der Waals surface area (Å²) in [7, 11) is 0. The van der Waals surface area contributed by atoms with Crippen LogP contribution >= 0.6 is 0 Å². The standard InChI is InChI=1S/C5H9N3O/c9-8-2-1-5-3-6-4-7-5/h3-4,8-9H,1-2H2,(H,6,7). The van der Waals surface area contributed by atoms with E-state index in [0.717, 1.165) is 12.1 Å². The predicted molar refractivity (Wildman–Crippen MR) is 32.1 cm³/mol. The van der Waals surface area contributed by atoms with Crippen LogP contribution in [0.25, 0.3) is 0 Å². The summed E-state index contributed by atoms with van der Waals surface area (Å²) < 4.78 is 0. The fourth-order valence-electron chi connectivity index (χ4n) is 0.612. The fourth-order valence-corrected chi connectivity index (χ4v) is 0.612. The second kappa shape index (κ2) is 3.21. The fraction of sp³-hybridized carbons (Fsp3) is 0.400. The molecule has 0 aliphatic carbocycles. The largest absolute Gasteiger partial charge is 0.351 e. The molecule has 3 N–H and O–H groups in total. The van der Waals surface area contributed by atoms with Crippen LogP contribution in [0.3, 0.4) is 0 Å². The zero-order chi connectivity index (χ0) is 6.53. The van der Waals surface area contributed by atoms with Gasteiger partial charge in [-0.25, -0.2) is 10.5 Å². The van der Waals surface area contributed by atoms with Crippen LogP contribution in [0.2, 0.25) is 0 Å². The summed E-state index contributed by atoms with van der Waals surface area (Å²) >= 11 is 0. The molecule has 0 spiro atoms. The number of nitrogens with zero attached hydrogens (tertiary/aromatic N) is 1. The number of aromatic nitrogens is 2. The molecule has 0 atom stereocenters. The molecule has 1 aromatic heterocycles. The van der Waals surface area contributed by atoms with Crippen molar-refractivity contribution in [2.75, 3.05) is 6.54 Å². The number of hydroxylamine groups is 1. The van der Waals surface area contributed by atoms with Gasteiger partial charge in [-0.05, 0) is 0 Å². The van der Waals surface area contributed by atoms with E-state index in [4.69, 9.17) is 5.21 Å². The molecule has 0 unspecified atom stereocenters. The van der Waals surface area contributed by atoms with Crippen molar-refractivity contribution in [3.05, 3.63) is 18.2 Å². The van der Waals surface area contributed by atoms with Gasteiger partial charge in [0.25, 0.3) is 0 Å². The lowest BCUT2D eigenvalue weighted by atomic mass is 10.3. The molecular formula is C5H9N3O. The Hall–Kier alpha value is -0.870. The highest BCUT2D eigenvalue weighted by atomic mass is 16.5. The van der Waals surface area contributed by atoms with Crippen molar-refractivity contribution >= 4 is 0 Å². The Balaban J connectivity index is 2.30. The first-order valence-corrected chi connectivity index (χ1v) is 2.78. The number of rotatable bonds is 3. The number of hydrogen-bond acceptors (Lipinski definition) is 3. The summed E-state index contributed by atoms with van der Waals surface area (Å²) in [5.74, 6) is 0. The van der Waals surface area contributed by atoms with Crippen molar-refractivity contribution in [1.82, 2.24) is 15.4 Å². The molecule has 0 fully saturated rings. The Labute approximate surface area is 52.9 Å². The maximum atomic E-state index is 8.18. The second-order valence-corrected chi connectivity index (χ2v) is 1.72. The summed E-state index contributed by atoms with van der Waals surface area (Å²) in [4.78, 5) is 6.77. The van der Waals surface area contributed by atoms with E-state index in [-0.39, 0.29) is 0 Å². The minimum absolute atomic E-state index is 0.546. The minimum Gasteiger partial charge on any atom is -0.351 e. The van der Waals surface area contributed by atoms with E-state index in [2.05, 4.69) is 15.4 Å². The highest BCUT2D eigenvalue weighted by molar-refractivity contribution is 4.93. The molecule has 0 radical (unpaired) electrons. The Kier molecular flexibility index (Phi) is 2.23. The highest BCUT2D eigenvalue weighted by Crippen LogP contribution is 1.89. The van der Waals surface area contributed by atoms with E-state index in [1.54, 1.807) is 12.5 Å². The van der Waals surface area contributed by atoms with Crippen LogP contribution < -0.4 is 5.48 Å². The van der Waals surface area contributed by atoms with Gasteiger partial charge in [-0.2, -0.15) is 0 Å². The van der Waals surface area contributed by atoms with E-state index >= 15 is 0 Å².